The highest BCUT2D eigenvalue weighted by Gasteiger charge is 2.02. The van der Waals surface area contributed by atoms with Crippen molar-refractivity contribution >= 4 is 5.91 Å². The lowest BCUT2D eigenvalue weighted by Gasteiger charge is -2.12. The smallest absolute Gasteiger partial charge is 0.222 e. The van der Waals surface area contributed by atoms with Gasteiger partial charge in [-0.1, -0.05) is 5.92 Å². The molecule has 4 heteroatoms. The van der Waals surface area contributed by atoms with Crippen LogP contribution in [0.5, 0.6) is 0 Å². The summed E-state index contributed by atoms with van der Waals surface area (Å²) in [6.45, 7) is 3.77. The number of terminal acetylenes is 1. The van der Waals surface area contributed by atoms with E-state index in [-0.39, 0.29) is 5.91 Å². The van der Waals surface area contributed by atoms with Crippen LogP contribution in [0.25, 0.3) is 0 Å². The highest BCUT2D eigenvalue weighted by Crippen LogP contribution is 1.90. The van der Waals surface area contributed by atoms with E-state index in [0.717, 1.165) is 13.0 Å². The maximum Gasteiger partial charge on any atom is 0.222 e. The van der Waals surface area contributed by atoms with Gasteiger partial charge in [-0.25, -0.2) is 0 Å². The molecule has 86 valence electrons. The number of amides is 1. The highest BCUT2D eigenvalue weighted by atomic mass is 16.5. The van der Waals surface area contributed by atoms with Gasteiger partial charge in [-0.2, -0.15) is 0 Å². The van der Waals surface area contributed by atoms with Crippen molar-refractivity contribution in [3.8, 4) is 12.3 Å². The molecule has 0 fully saturated rings. The Kier molecular flexibility index (Phi) is 8.84. The first-order chi connectivity index (χ1) is 7.20. The minimum Gasteiger partial charge on any atom is -0.385 e. The summed E-state index contributed by atoms with van der Waals surface area (Å²) >= 11 is 0. The quantitative estimate of drug-likeness (QED) is 0.563. The van der Waals surface area contributed by atoms with Crippen molar-refractivity contribution in [3.63, 3.8) is 0 Å². The van der Waals surface area contributed by atoms with E-state index >= 15 is 0 Å². The maximum atomic E-state index is 11.1. The van der Waals surface area contributed by atoms with Gasteiger partial charge < -0.3 is 15.4 Å². The van der Waals surface area contributed by atoms with Crippen LogP contribution in [0.3, 0.4) is 0 Å². The van der Waals surface area contributed by atoms with E-state index in [1.54, 1.807) is 7.11 Å². The lowest BCUT2D eigenvalue weighted by Crippen LogP contribution is -2.32. The van der Waals surface area contributed by atoms with Crippen LogP contribution in [-0.2, 0) is 9.53 Å². The molecule has 15 heavy (non-hydrogen) atoms. The summed E-state index contributed by atoms with van der Waals surface area (Å²) in [6.07, 6.45) is 6.42. The standard InChI is InChI=1S/C11H20N2O2/c1-4-7-13-11(14)5-8-12-10(2)6-9-15-3/h1,10,12H,5-9H2,2-3H3,(H,13,14). The molecule has 0 aromatic heterocycles. The molecular weight excluding hydrogens is 192 g/mol. The zero-order valence-electron chi connectivity index (χ0n) is 9.51. The van der Waals surface area contributed by atoms with Gasteiger partial charge in [0, 0.05) is 32.7 Å². The normalized spacial score (nSPS) is 11.8. The molecule has 0 aromatic carbocycles. The second-order valence-electron chi connectivity index (χ2n) is 3.37. The summed E-state index contributed by atoms with van der Waals surface area (Å²) < 4.78 is 4.95. The fourth-order valence-electron chi connectivity index (χ4n) is 1.07. The van der Waals surface area contributed by atoms with Crippen LogP contribution in [0.2, 0.25) is 0 Å². The van der Waals surface area contributed by atoms with Crippen LogP contribution in [0.1, 0.15) is 19.8 Å². The topological polar surface area (TPSA) is 50.4 Å². The van der Waals surface area contributed by atoms with Crippen molar-refractivity contribution in [3.05, 3.63) is 0 Å². The third-order valence-electron chi connectivity index (χ3n) is 1.99. The van der Waals surface area contributed by atoms with E-state index in [9.17, 15) is 4.79 Å². The van der Waals surface area contributed by atoms with Crippen LogP contribution in [0, 0.1) is 12.3 Å². The molecule has 0 bridgehead atoms. The number of hydrogen-bond donors (Lipinski definition) is 2. The fourth-order valence-corrected chi connectivity index (χ4v) is 1.07. The van der Waals surface area contributed by atoms with Crippen LogP contribution >= 0.6 is 0 Å². The Morgan fingerprint density at radius 2 is 2.33 bits per heavy atom. The molecule has 0 rings (SSSR count). The lowest BCUT2D eigenvalue weighted by molar-refractivity contribution is -0.120. The van der Waals surface area contributed by atoms with Crippen molar-refractivity contribution in [1.29, 1.82) is 0 Å². The number of carbonyl (C=O) groups is 1. The van der Waals surface area contributed by atoms with Gasteiger partial charge in [0.1, 0.15) is 0 Å². The van der Waals surface area contributed by atoms with Gasteiger partial charge in [0.15, 0.2) is 0 Å². The zero-order chi connectivity index (χ0) is 11.5. The molecule has 0 spiro atoms. The average Bonchev–Trinajstić information content (AvgIpc) is 2.23. The van der Waals surface area contributed by atoms with Crippen molar-refractivity contribution in [2.45, 2.75) is 25.8 Å². The van der Waals surface area contributed by atoms with Gasteiger partial charge in [0.2, 0.25) is 5.91 Å². The minimum absolute atomic E-state index is 0.0145. The number of nitrogens with one attached hydrogen (secondary N) is 2. The molecule has 0 radical (unpaired) electrons. The third kappa shape index (κ3) is 9.26. The first-order valence-electron chi connectivity index (χ1n) is 5.13. The first-order valence-corrected chi connectivity index (χ1v) is 5.13. The summed E-state index contributed by atoms with van der Waals surface area (Å²) in [5, 5.41) is 5.84. The number of ether oxygens (including phenoxy) is 1. The molecule has 1 atom stereocenters. The molecule has 0 heterocycles. The summed E-state index contributed by atoms with van der Waals surface area (Å²) in [5.74, 6) is 2.34. The Morgan fingerprint density at radius 1 is 1.60 bits per heavy atom. The lowest BCUT2D eigenvalue weighted by atomic mass is 10.2. The van der Waals surface area contributed by atoms with E-state index in [1.165, 1.54) is 0 Å². The predicted molar refractivity (Wildman–Crippen MR) is 60.4 cm³/mol. The molecule has 2 N–H and O–H groups in total. The van der Waals surface area contributed by atoms with E-state index in [4.69, 9.17) is 11.2 Å². The molecule has 4 nitrogen and oxygen atoms in total. The Morgan fingerprint density at radius 3 is 2.93 bits per heavy atom. The molecule has 0 aliphatic heterocycles. The number of methoxy groups -OCH3 is 1. The largest absolute Gasteiger partial charge is 0.385 e. The van der Waals surface area contributed by atoms with Crippen molar-refractivity contribution in [2.75, 3.05) is 26.8 Å². The van der Waals surface area contributed by atoms with Crippen LogP contribution in [0.4, 0.5) is 0 Å². The van der Waals surface area contributed by atoms with Gasteiger partial charge in [0.25, 0.3) is 0 Å². The van der Waals surface area contributed by atoms with Crippen molar-refractivity contribution in [1.82, 2.24) is 10.6 Å². The van der Waals surface area contributed by atoms with Crippen molar-refractivity contribution in [2.24, 2.45) is 0 Å². The Bertz CT molecular complexity index is 211. The van der Waals surface area contributed by atoms with E-state index < -0.39 is 0 Å². The molecule has 0 aromatic rings. The molecular formula is C11H20N2O2. The van der Waals surface area contributed by atoms with Gasteiger partial charge in [-0.05, 0) is 13.3 Å². The monoisotopic (exact) mass is 212 g/mol. The zero-order valence-corrected chi connectivity index (χ0v) is 9.51. The molecule has 0 aliphatic rings. The van der Waals surface area contributed by atoms with E-state index in [0.29, 0.717) is 25.6 Å². The molecule has 1 unspecified atom stereocenters. The SMILES string of the molecule is C#CCNC(=O)CCNC(C)CCOC. The number of hydrogen-bond acceptors (Lipinski definition) is 3. The summed E-state index contributed by atoms with van der Waals surface area (Å²) in [6, 6.07) is 0.366. The summed E-state index contributed by atoms with van der Waals surface area (Å²) in [5.41, 5.74) is 0. The molecule has 1 amide bonds. The number of rotatable bonds is 8. The second kappa shape index (κ2) is 9.50. The summed E-state index contributed by atoms with van der Waals surface area (Å²) in [4.78, 5) is 11.1. The maximum absolute atomic E-state index is 11.1. The highest BCUT2D eigenvalue weighted by molar-refractivity contribution is 5.76. The van der Waals surface area contributed by atoms with Gasteiger partial charge in [-0.3, -0.25) is 4.79 Å². The summed E-state index contributed by atoms with van der Waals surface area (Å²) in [7, 11) is 1.68. The van der Waals surface area contributed by atoms with Crippen molar-refractivity contribution < 1.29 is 9.53 Å². The molecule has 0 saturated carbocycles. The Labute approximate surface area is 91.8 Å². The van der Waals surface area contributed by atoms with Crippen LogP contribution in [0.15, 0.2) is 0 Å². The average molecular weight is 212 g/mol. The fraction of sp³-hybridized carbons (Fsp3) is 0.727. The van der Waals surface area contributed by atoms with Crippen LogP contribution in [-0.4, -0.2) is 38.8 Å². The van der Waals surface area contributed by atoms with E-state index in [1.807, 2.05) is 0 Å². The third-order valence-corrected chi connectivity index (χ3v) is 1.99. The number of carbonyl (C=O) groups excluding carboxylic acids is 1. The van der Waals surface area contributed by atoms with Gasteiger partial charge in [0.05, 0.1) is 6.54 Å². The Balaban J connectivity index is 3.36. The first kappa shape index (κ1) is 13.9. The molecule has 0 aliphatic carbocycles. The van der Waals surface area contributed by atoms with Crippen LogP contribution < -0.4 is 10.6 Å². The molecule has 0 saturated heterocycles. The van der Waals surface area contributed by atoms with Gasteiger partial charge >= 0.3 is 0 Å². The van der Waals surface area contributed by atoms with E-state index in [2.05, 4.69) is 23.5 Å². The predicted octanol–water partition coefficient (Wildman–Crippen LogP) is 0.141. The Hall–Kier alpha value is -1.05. The van der Waals surface area contributed by atoms with Gasteiger partial charge in [-0.15, -0.1) is 6.42 Å². The second-order valence-corrected chi connectivity index (χ2v) is 3.37. The minimum atomic E-state index is -0.0145.